The van der Waals surface area contributed by atoms with Crippen LogP contribution in [0.15, 0.2) is 30.3 Å². The lowest BCUT2D eigenvalue weighted by atomic mass is 9.73. The molecule has 27 heavy (non-hydrogen) atoms. The molecular formula is C20H28N2O5. The first-order chi connectivity index (χ1) is 12.9. The number of rotatable bonds is 5. The molecule has 2 heterocycles. The molecule has 0 radical (unpaired) electrons. The maximum absolute atomic E-state index is 12.8. The summed E-state index contributed by atoms with van der Waals surface area (Å²) in [5.41, 5.74) is 0.00186. The summed E-state index contributed by atoms with van der Waals surface area (Å²) >= 11 is 0. The van der Waals surface area contributed by atoms with Crippen molar-refractivity contribution in [1.29, 1.82) is 0 Å². The number of likely N-dealkylation sites (tertiary alicyclic amines) is 2. The number of carbonyl (C=O) groups excluding carboxylic acids is 2. The zero-order chi connectivity index (χ0) is 19.6. The second kappa shape index (κ2) is 7.86. The lowest BCUT2D eigenvalue weighted by molar-refractivity contribution is -0.172. The van der Waals surface area contributed by atoms with Gasteiger partial charge >= 0.3 is 6.09 Å². The molecule has 148 valence electrons. The van der Waals surface area contributed by atoms with E-state index in [4.69, 9.17) is 4.74 Å². The van der Waals surface area contributed by atoms with Crippen LogP contribution >= 0.6 is 0 Å². The summed E-state index contributed by atoms with van der Waals surface area (Å²) < 4.78 is 4.95. The zero-order valence-electron chi connectivity index (χ0n) is 15.9. The molecule has 2 aliphatic rings. The average Bonchev–Trinajstić information content (AvgIpc) is 2.97. The third-order valence-corrected chi connectivity index (χ3v) is 6.18. The van der Waals surface area contributed by atoms with Crippen molar-refractivity contribution < 1.29 is 24.5 Å². The van der Waals surface area contributed by atoms with Crippen molar-refractivity contribution in [2.75, 3.05) is 20.3 Å². The van der Waals surface area contributed by atoms with Crippen molar-refractivity contribution in [3.8, 4) is 0 Å². The maximum Gasteiger partial charge on any atom is 0.410 e. The van der Waals surface area contributed by atoms with E-state index < -0.39 is 17.9 Å². The number of hydrogen-bond donors (Lipinski definition) is 2. The van der Waals surface area contributed by atoms with Gasteiger partial charge < -0.3 is 19.8 Å². The van der Waals surface area contributed by atoms with Gasteiger partial charge in [0.2, 0.25) is 5.91 Å². The van der Waals surface area contributed by atoms with Crippen LogP contribution in [0.3, 0.4) is 0 Å². The zero-order valence-corrected chi connectivity index (χ0v) is 15.9. The lowest BCUT2D eigenvalue weighted by Crippen LogP contribution is -2.66. The summed E-state index contributed by atoms with van der Waals surface area (Å²) in [4.78, 5) is 28.3. The Labute approximate surface area is 159 Å². The molecule has 3 rings (SSSR count). The summed E-state index contributed by atoms with van der Waals surface area (Å²) in [6.07, 6.45) is -0.0544. The van der Waals surface area contributed by atoms with E-state index in [2.05, 4.69) is 0 Å². The van der Waals surface area contributed by atoms with E-state index in [0.29, 0.717) is 25.9 Å². The Hall–Kier alpha value is -2.12. The van der Waals surface area contributed by atoms with Crippen LogP contribution in [0.1, 0.15) is 31.7 Å². The van der Waals surface area contributed by atoms with Crippen LogP contribution in [0, 0.1) is 11.8 Å². The van der Waals surface area contributed by atoms with Gasteiger partial charge in [-0.2, -0.15) is 0 Å². The number of amides is 2. The van der Waals surface area contributed by atoms with Crippen LogP contribution in [0.25, 0.3) is 0 Å². The van der Waals surface area contributed by atoms with Gasteiger partial charge in [-0.1, -0.05) is 30.3 Å². The number of hydrogen-bond acceptors (Lipinski definition) is 5. The molecule has 2 saturated heterocycles. The van der Waals surface area contributed by atoms with E-state index >= 15 is 0 Å². The van der Waals surface area contributed by atoms with Crippen molar-refractivity contribution in [2.24, 2.45) is 11.8 Å². The fourth-order valence-electron chi connectivity index (χ4n) is 4.68. The summed E-state index contributed by atoms with van der Waals surface area (Å²) in [5.74, 6) is -0.244. The first kappa shape index (κ1) is 19.6. The molecular weight excluding hydrogens is 348 g/mol. The van der Waals surface area contributed by atoms with E-state index in [1.54, 1.807) is 4.90 Å². The van der Waals surface area contributed by atoms with Gasteiger partial charge in [0.1, 0.15) is 0 Å². The minimum absolute atomic E-state index is 0.0405. The van der Waals surface area contributed by atoms with Crippen LogP contribution in [0.4, 0.5) is 4.79 Å². The number of carbonyl (C=O) groups is 2. The Morgan fingerprint density at radius 1 is 1.33 bits per heavy atom. The SMILES string of the molecule is COC(=O)N1C[C@@H](CCCO)[C@H]2CC(=O)N(Cc3ccccc3)C(O)[C@]21C. The monoisotopic (exact) mass is 376 g/mol. The van der Waals surface area contributed by atoms with Crippen LogP contribution in [0.5, 0.6) is 0 Å². The molecule has 0 spiro atoms. The number of aliphatic hydroxyl groups excluding tert-OH is 2. The van der Waals surface area contributed by atoms with E-state index in [0.717, 1.165) is 5.56 Å². The average molecular weight is 376 g/mol. The van der Waals surface area contributed by atoms with Crippen molar-refractivity contribution in [2.45, 2.75) is 44.5 Å². The molecule has 2 N–H and O–H groups in total. The second-order valence-electron chi connectivity index (χ2n) is 7.62. The van der Waals surface area contributed by atoms with Crippen LogP contribution < -0.4 is 0 Å². The molecule has 7 heteroatoms. The molecule has 2 aliphatic heterocycles. The standard InChI is InChI=1S/C20H28N2O5/c1-20-16(15(9-6-10-23)13-22(20)19(26)27-2)11-17(24)21(18(20)25)12-14-7-4-3-5-8-14/h3-5,7-8,15-16,18,23,25H,6,9-13H2,1-2H3/t15-,16-,18?,20+/m1/s1. The minimum atomic E-state index is -1.12. The smallest absolute Gasteiger partial charge is 0.410 e. The molecule has 2 amide bonds. The molecule has 0 saturated carbocycles. The fourth-order valence-corrected chi connectivity index (χ4v) is 4.68. The molecule has 2 fully saturated rings. The third kappa shape index (κ3) is 3.41. The summed E-state index contributed by atoms with van der Waals surface area (Å²) in [6, 6.07) is 9.50. The normalized spacial score (nSPS) is 30.4. The van der Waals surface area contributed by atoms with Gasteiger partial charge in [0.25, 0.3) is 0 Å². The molecule has 1 aromatic carbocycles. The van der Waals surface area contributed by atoms with Gasteiger partial charge in [-0.15, -0.1) is 0 Å². The minimum Gasteiger partial charge on any atom is -0.453 e. The highest BCUT2D eigenvalue weighted by molar-refractivity contribution is 5.79. The first-order valence-corrected chi connectivity index (χ1v) is 9.41. The Morgan fingerprint density at radius 3 is 2.67 bits per heavy atom. The Bertz CT molecular complexity index is 682. The van der Waals surface area contributed by atoms with Gasteiger partial charge in [-0.05, 0) is 37.2 Å². The maximum atomic E-state index is 12.8. The second-order valence-corrected chi connectivity index (χ2v) is 7.62. The predicted molar refractivity (Wildman–Crippen MR) is 98.4 cm³/mol. The molecule has 0 aliphatic carbocycles. The first-order valence-electron chi connectivity index (χ1n) is 9.41. The molecule has 0 bridgehead atoms. The van der Waals surface area contributed by atoms with Crippen molar-refractivity contribution in [3.63, 3.8) is 0 Å². The van der Waals surface area contributed by atoms with Gasteiger partial charge in [-0.3, -0.25) is 9.69 Å². The number of aliphatic hydroxyl groups is 2. The largest absolute Gasteiger partial charge is 0.453 e. The van der Waals surface area contributed by atoms with Crippen LogP contribution in [0.2, 0.25) is 0 Å². The van der Waals surface area contributed by atoms with Crippen LogP contribution in [-0.2, 0) is 16.1 Å². The van der Waals surface area contributed by atoms with E-state index in [1.165, 1.54) is 12.0 Å². The molecule has 0 aromatic heterocycles. The summed E-state index contributed by atoms with van der Waals surface area (Å²) in [7, 11) is 1.32. The number of fused-ring (bicyclic) bond motifs is 1. The topological polar surface area (TPSA) is 90.3 Å². The Balaban J connectivity index is 1.91. The highest BCUT2D eigenvalue weighted by Gasteiger charge is 2.61. The van der Waals surface area contributed by atoms with E-state index in [9.17, 15) is 19.8 Å². The lowest BCUT2D eigenvalue weighted by Gasteiger charge is -2.50. The molecule has 4 atom stereocenters. The number of nitrogens with zero attached hydrogens (tertiary/aromatic N) is 2. The highest BCUT2D eigenvalue weighted by atomic mass is 16.5. The molecule has 1 unspecified atom stereocenters. The Morgan fingerprint density at radius 2 is 2.04 bits per heavy atom. The fraction of sp³-hybridized carbons (Fsp3) is 0.600. The van der Waals surface area contributed by atoms with E-state index in [-0.39, 0.29) is 30.8 Å². The summed E-state index contributed by atoms with van der Waals surface area (Å²) in [6.45, 7) is 2.61. The number of ether oxygens (including phenoxy) is 1. The van der Waals surface area contributed by atoms with Crippen LogP contribution in [-0.4, -0.2) is 64.0 Å². The molecule has 7 nitrogen and oxygen atoms in total. The number of methoxy groups -OCH3 is 1. The van der Waals surface area contributed by atoms with Crippen molar-refractivity contribution in [1.82, 2.24) is 9.80 Å². The van der Waals surface area contributed by atoms with Gasteiger partial charge in [0.05, 0.1) is 12.6 Å². The third-order valence-electron chi connectivity index (χ3n) is 6.18. The predicted octanol–water partition coefficient (Wildman–Crippen LogP) is 1.58. The van der Waals surface area contributed by atoms with Gasteiger partial charge in [0.15, 0.2) is 6.23 Å². The Kier molecular flexibility index (Phi) is 5.72. The van der Waals surface area contributed by atoms with Crippen molar-refractivity contribution in [3.05, 3.63) is 35.9 Å². The van der Waals surface area contributed by atoms with Gasteiger partial charge in [-0.25, -0.2) is 4.79 Å². The number of piperidine rings is 1. The summed E-state index contributed by atoms with van der Waals surface area (Å²) in [5, 5.41) is 20.4. The van der Waals surface area contributed by atoms with Crippen molar-refractivity contribution >= 4 is 12.0 Å². The quantitative estimate of drug-likeness (QED) is 0.814. The molecule has 1 aromatic rings. The van der Waals surface area contributed by atoms with E-state index in [1.807, 2.05) is 37.3 Å². The highest BCUT2D eigenvalue weighted by Crippen LogP contribution is 2.49. The van der Waals surface area contributed by atoms with Gasteiger partial charge in [0, 0.05) is 26.1 Å². The number of benzene rings is 1.